The maximum absolute atomic E-state index is 9.67. The van der Waals surface area contributed by atoms with Crippen molar-refractivity contribution in [3.63, 3.8) is 0 Å². The minimum absolute atomic E-state index is 0.356. The van der Waals surface area contributed by atoms with E-state index in [1.807, 2.05) is 27.7 Å². The largest absolute Gasteiger partial charge is 0.390 e. The SMILES string of the molecule is CC(C)C1CCC(C)(O)CC1.CC(C)C1CCC(C)(O)CC1.CC(C)C1CCC(C)(O)CC1.CC(C)C1CCC(C)(O)CC1. The van der Waals surface area contributed by atoms with Crippen molar-refractivity contribution in [3.8, 4) is 0 Å². The highest BCUT2D eigenvalue weighted by Gasteiger charge is 2.32. The first kappa shape index (κ1) is 41.9. The highest BCUT2D eigenvalue weighted by atomic mass is 16.3. The first-order valence-electron chi connectivity index (χ1n) is 18.9. The fourth-order valence-corrected chi connectivity index (χ4v) is 7.71. The van der Waals surface area contributed by atoms with Gasteiger partial charge in [0, 0.05) is 0 Å². The van der Waals surface area contributed by atoms with Crippen molar-refractivity contribution in [3.05, 3.63) is 0 Å². The molecule has 0 amide bonds. The Bertz CT molecular complexity index is 595. The van der Waals surface area contributed by atoms with E-state index >= 15 is 0 Å². The van der Waals surface area contributed by atoms with E-state index in [-0.39, 0.29) is 22.4 Å². The number of hydrogen-bond donors (Lipinski definition) is 4. The lowest BCUT2D eigenvalue weighted by Crippen LogP contribution is -2.31. The van der Waals surface area contributed by atoms with Crippen LogP contribution in [0.25, 0.3) is 0 Å². The van der Waals surface area contributed by atoms with Crippen LogP contribution >= 0.6 is 0 Å². The summed E-state index contributed by atoms with van der Waals surface area (Å²) in [5.74, 6) is 6.62. The van der Waals surface area contributed by atoms with Crippen molar-refractivity contribution < 1.29 is 20.4 Å². The minimum atomic E-state index is -0.356. The van der Waals surface area contributed by atoms with Gasteiger partial charge in [-0.2, -0.15) is 0 Å². The highest BCUT2D eigenvalue weighted by Crippen LogP contribution is 2.38. The standard InChI is InChI=1S/4C10H20O/c4*1-8(2)9-4-6-10(3,11)7-5-9/h4*8-9,11H,4-7H2,1-3H3. The van der Waals surface area contributed by atoms with Crippen LogP contribution in [0.1, 0.15) is 186 Å². The molecular weight excluding hydrogens is 544 g/mol. The third-order valence-corrected chi connectivity index (χ3v) is 12.2. The molecule has 0 aliphatic heterocycles. The summed E-state index contributed by atoms with van der Waals surface area (Å²) in [5.41, 5.74) is -1.42. The molecule has 0 aromatic rings. The van der Waals surface area contributed by atoms with Gasteiger partial charge in [-0.15, -0.1) is 0 Å². The van der Waals surface area contributed by atoms with Crippen LogP contribution in [0, 0.1) is 47.3 Å². The molecule has 0 spiro atoms. The van der Waals surface area contributed by atoms with Crippen LogP contribution in [0.2, 0.25) is 0 Å². The van der Waals surface area contributed by atoms with Crippen molar-refractivity contribution in [2.24, 2.45) is 47.3 Å². The molecule has 0 heterocycles. The Morgan fingerprint density at radius 2 is 0.432 bits per heavy atom. The Morgan fingerprint density at radius 1 is 0.318 bits per heavy atom. The topological polar surface area (TPSA) is 80.9 Å². The molecule has 4 saturated carbocycles. The number of rotatable bonds is 4. The first-order chi connectivity index (χ1) is 20.0. The van der Waals surface area contributed by atoms with Gasteiger partial charge in [-0.3, -0.25) is 0 Å². The van der Waals surface area contributed by atoms with Crippen LogP contribution in [-0.2, 0) is 0 Å². The van der Waals surface area contributed by atoms with E-state index in [9.17, 15) is 20.4 Å². The molecule has 0 aromatic carbocycles. The predicted molar refractivity (Wildman–Crippen MR) is 190 cm³/mol. The van der Waals surface area contributed by atoms with Crippen molar-refractivity contribution >= 4 is 0 Å². The van der Waals surface area contributed by atoms with Gasteiger partial charge >= 0.3 is 0 Å². The van der Waals surface area contributed by atoms with E-state index in [0.29, 0.717) is 0 Å². The Kier molecular flexibility index (Phi) is 17.5. The predicted octanol–water partition coefficient (Wildman–Crippen LogP) is 10.3. The van der Waals surface area contributed by atoms with E-state index in [2.05, 4.69) is 55.4 Å². The smallest absolute Gasteiger partial charge is 0.0620 e. The minimum Gasteiger partial charge on any atom is -0.390 e. The quantitative estimate of drug-likeness (QED) is 0.251. The Hall–Kier alpha value is -0.160. The summed E-state index contributed by atoms with van der Waals surface area (Å²) in [7, 11) is 0. The Labute approximate surface area is 275 Å². The van der Waals surface area contributed by atoms with Crippen LogP contribution in [0.5, 0.6) is 0 Å². The van der Waals surface area contributed by atoms with Gasteiger partial charge in [0.15, 0.2) is 0 Å². The Morgan fingerprint density at radius 3 is 0.523 bits per heavy atom. The van der Waals surface area contributed by atoms with Crippen molar-refractivity contribution in [2.45, 2.75) is 208 Å². The maximum atomic E-state index is 9.67. The molecule has 4 rings (SSSR count). The molecule has 0 saturated heterocycles. The van der Waals surface area contributed by atoms with Crippen molar-refractivity contribution in [2.75, 3.05) is 0 Å². The maximum Gasteiger partial charge on any atom is 0.0620 e. The second-order valence-corrected chi connectivity index (χ2v) is 18.3. The van der Waals surface area contributed by atoms with Gasteiger partial charge in [0.05, 0.1) is 22.4 Å². The first-order valence-corrected chi connectivity index (χ1v) is 18.9. The van der Waals surface area contributed by atoms with Gasteiger partial charge in [-0.05, 0) is 178 Å². The van der Waals surface area contributed by atoms with Crippen LogP contribution in [0.3, 0.4) is 0 Å². The lowest BCUT2D eigenvalue weighted by atomic mass is 9.75. The van der Waals surface area contributed by atoms with Crippen LogP contribution in [-0.4, -0.2) is 42.8 Å². The lowest BCUT2D eigenvalue weighted by Gasteiger charge is -2.34. The monoisotopic (exact) mass is 625 g/mol. The molecule has 4 nitrogen and oxygen atoms in total. The van der Waals surface area contributed by atoms with Crippen molar-refractivity contribution in [1.29, 1.82) is 0 Å². The fraction of sp³-hybridized carbons (Fsp3) is 1.00. The molecule has 0 radical (unpaired) electrons. The van der Waals surface area contributed by atoms with E-state index < -0.39 is 0 Å². The summed E-state index contributed by atoms with van der Waals surface area (Å²) in [6.45, 7) is 26.1. The van der Waals surface area contributed by atoms with Crippen LogP contribution in [0.15, 0.2) is 0 Å². The molecule has 0 unspecified atom stereocenters. The van der Waals surface area contributed by atoms with Gasteiger partial charge in [0.25, 0.3) is 0 Å². The molecular formula is C40H80O4. The molecule has 4 heteroatoms. The zero-order valence-electron chi connectivity index (χ0n) is 31.7. The second-order valence-electron chi connectivity index (χ2n) is 18.3. The highest BCUT2D eigenvalue weighted by molar-refractivity contribution is 4.84. The van der Waals surface area contributed by atoms with Gasteiger partial charge in [-0.25, -0.2) is 0 Å². The molecule has 44 heavy (non-hydrogen) atoms. The van der Waals surface area contributed by atoms with Gasteiger partial charge in [-0.1, -0.05) is 55.4 Å². The Balaban J connectivity index is 0.000000293. The molecule has 0 bridgehead atoms. The van der Waals surface area contributed by atoms with Gasteiger partial charge in [0.2, 0.25) is 0 Å². The normalized spacial score (nSPS) is 39.5. The third-order valence-electron chi connectivity index (χ3n) is 12.2. The third kappa shape index (κ3) is 17.1. The lowest BCUT2D eigenvalue weighted by molar-refractivity contribution is 0.00116. The molecule has 4 aliphatic rings. The summed E-state index contributed by atoms with van der Waals surface area (Å²) in [5, 5.41) is 38.7. The average molecular weight is 625 g/mol. The van der Waals surface area contributed by atoms with Crippen LogP contribution < -0.4 is 0 Å². The van der Waals surface area contributed by atoms with Gasteiger partial charge in [0.1, 0.15) is 0 Å². The molecule has 4 N–H and O–H groups in total. The van der Waals surface area contributed by atoms with E-state index in [0.717, 1.165) is 98.7 Å². The second kappa shape index (κ2) is 18.4. The van der Waals surface area contributed by atoms with E-state index in [1.165, 1.54) is 51.4 Å². The summed E-state index contributed by atoms with van der Waals surface area (Å²) in [4.78, 5) is 0. The molecule has 0 atom stereocenters. The zero-order chi connectivity index (χ0) is 33.9. The summed E-state index contributed by atoms with van der Waals surface area (Å²) in [6, 6.07) is 0. The summed E-state index contributed by atoms with van der Waals surface area (Å²) in [6.07, 6.45) is 17.7. The van der Waals surface area contributed by atoms with E-state index in [4.69, 9.17) is 0 Å². The molecule has 4 fully saturated rings. The molecule has 4 aliphatic carbocycles. The number of aliphatic hydroxyl groups is 4. The molecule has 264 valence electrons. The van der Waals surface area contributed by atoms with Crippen molar-refractivity contribution in [1.82, 2.24) is 0 Å². The number of hydrogen-bond acceptors (Lipinski definition) is 4. The van der Waals surface area contributed by atoms with Crippen LogP contribution in [0.4, 0.5) is 0 Å². The summed E-state index contributed by atoms with van der Waals surface area (Å²) >= 11 is 0. The fourth-order valence-electron chi connectivity index (χ4n) is 7.71. The average Bonchev–Trinajstić information content (AvgIpc) is 2.89. The zero-order valence-corrected chi connectivity index (χ0v) is 31.7. The summed E-state index contributed by atoms with van der Waals surface area (Å²) < 4.78 is 0. The van der Waals surface area contributed by atoms with Gasteiger partial charge < -0.3 is 20.4 Å². The molecule has 0 aromatic heterocycles. The van der Waals surface area contributed by atoms with E-state index in [1.54, 1.807) is 0 Å².